The topological polar surface area (TPSA) is 23.5 Å². The summed E-state index contributed by atoms with van der Waals surface area (Å²) in [7, 11) is 0. The molecule has 0 atom stereocenters. The largest absolute Gasteiger partial charge is 0.508 e. The molecule has 72 valence electrons. The van der Waals surface area contributed by atoms with Gasteiger partial charge in [0.25, 0.3) is 0 Å². The van der Waals surface area contributed by atoms with Crippen LogP contribution in [-0.2, 0) is 13.1 Å². The smallest absolute Gasteiger partial charge is 0.115 e. The highest BCUT2D eigenvalue weighted by Gasteiger charge is 2.16. The van der Waals surface area contributed by atoms with Gasteiger partial charge in [-0.1, -0.05) is 13.0 Å². The molecule has 0 unspecified atom stereocenters. The summed E-state index contributed by atoms with van der Waals surface area (Å²) >= 11 is 0. The van der Waals surface area contributed by atoms with E-state index in [1.54, 1.807) is 6.07 Å². The van der Waals surface area contributed by atoms with Crippen LogP contribution in [0.3, 0.4) is 0 Å². The van der Waals surface area contributed by atoms with Crippen LogP contribution in [0.2, 0.25) is 0 Å². The molecule has 0 aromatic heterocycles. The third-order valence-corrected chi connectivity index (χ3v) is 2.42. The molecule has 1 aromatic carbocycles. The van der Waals surface area contributed by atoms with E-state index < -0.39 is 0 Å². The minimum Gasteiger partial charge on any atom is -0.508 e. The molecule has 1 heterocycles. The Morgan fingerprint density at radius 3 is 2.69 bits per heavy atom. The number of nitrogens with zero attached hydrogens (tertiary/aromatic N) is 1. The molecule has 0 bridgehead atoms. The molecule has 0 saturated carbocycles. The zero-order chi connectivity index (χ0) is 8.55. The normalized spacial score (nSPS) is 15.2. The maximum Gasteiger partial charge on any atom is 0.115 e. The Kier molecular flexibility index (Phi) is 3.33. The second-order valence-electron chi connectivity index (χ2n) is 3.26. The van der Waals surface area contributed by atoms with Crippen molar-refractivity contribution in [2.75, 3.05) is 6.54 Å². The Labute approximate surface area is 89.0 Å². The summed E-state index contributed by atoms with van der Waals surface area (Å²) in [6.07, 6.45) is 0. The number of benzene rings is 1. The number of phenolic OH excluding ortho intramolecular Hbond substituents is 1. The van der Waals surface area contributed by atoms with Gasteiger partial charge >= 0.3 is 0 Å². The van der Waals surface area contributed by atoms with E-state index in [2.05, 4.69) is 11.8 Å². The van der Waals surface area contributed by atoms with Crippen LogP contribution in [0, 0.1) is 0 Å². The van der Waals surface area contributed by atoms with Crippen molar-refractivity contribution in [2.45, 2.75) is 20.0 Å². The van der Waals surface area contributed by atoms with Crippen LogP contribution < -0.4 is 0 Å². The third-order valence-electron chi connectivity index (χ3n) is 2.42. The molecule has 2 rings (SSSR count). The van der Waals surface area contributed by atoms with Gasteiger partial charge in [-0.25, -0.2) is 0 Å². The number of rotatable bonds is 1. The SMILES string of the molecule is Br.CCN1Cc2ccc(O)cc2C1. The van der Waals surface area contributed by atoms with E-state index in [0.717, 1.165) is 19.6 Å². The molecular formula is C10H14BrNO. The summed E-state index contributed by atoms with van der Waals surface area (Å²) in [4.78, 5) is 2.35. The molecule has 0 saturated heterocycles. The van der Waals surface area contributed by atoms with Crippen LogP contribution in [0.15, 0.2) is 18.2 Å². The second-order valence-corrected chi connectivity index (χ2v) is 3.26. The summed E-state index contributed by atoms with van der Waals surface area (Å²) in [5, 5.41) is 9.24. The maximum atomic E-state index is 9.24. The summed E-state index contributed by atoms with van der Waals surface area (Å²) in [6, 6.07) is 5.64. The van der Waals surface area contributed by atoms with Crippen molar-refractivity contribution < 1.29 is 5.11 Å². The summed E-state index contributed by atoms with van der Waals surface area (Å²) in [5.74, 6) is 0.381. The number of hydrogen-bond acceptors (Lipinski definition) is 2. The Bertz CT molecular complexity index is 301. The van der Waals surface area contributed by atoms with E-state index in [-0.39, 0.29) is 17.0 Å². The lowest BCUT2D eigenvalue weighted by Crippen LogP contribution is -2.14. The van der Waals surface area contributed by atoms with Gasteiger partial charge in [0.15, 0.2) is 0 Å². The average molecular weight is 244 g/mol. The summed E-state index contributed by atoms with van der Waals surface area (Å²) in [5.41, 5.74) is 2.63. The first-order valence-corrected chi connectivity index (χ1v) is 4.32. The fourth-order valence-electron chi connectivity index (χ4n) is 1.68. The van der Waals surface area contributed by atoms with Gasteiger partial charge < -0.3 is 5.11 Å². The van der Waals surface area contributed by atoms with Crippen molar-refractivity contribution in [1.29, 1.82) is 0 Å². The Balaban J connectivity index is 0.000000845. The molecular weight excluding hydrogens is 230 g/mol. The lowest BCUT2D eigenvalue weighted by Gasteiger charge is -2.09. The van der Waals surface area contributed by atoms with Crippen molar-refractivity contribution in [1.82, 2.24) is 4.90 Å². The molecule has 13 heavy (non-hydrogen) atoms. The molecule has 1 N–H and O–H groups in total. The minimum atomic E-state index is 0. The van der Waals surface area contributed by atoms with Crippen LogP contribution in [0.5, 0.6) is 5.75 Å². The quantitative estimate of drug-likeness (QED) is 0.819. The molecule has 1 aromatic rings. The van der Waals surface area contributed by atoms with Crippen molar-refractivity contribution in [2.24, 2.45) is 0 Å². The van der Waals surface area contributed by atoms with Crippen LogP contribution >= 0.6 is 17.0 Å². The number of halogens is 1. The van der Waals surface area contributed by atoms with Gasteiger partial charge in [0.05, 0.1) is 0 Å². The molecule has 2 nitrogen and oxygen atoms in total. The molecule has 1 aliphatic rings. The van der Waals surface area contributed by atoms with Gasteiger partial charge in [-0.2, -0.15) is 0 Å². The monoisotopic (exact) mass is 243 g/mol. The molecule has 0 radical (unpaired) electrons. The standard InChI is InChI=1S/C10H13NO.BrH/c1-2-11-6-8-3-4-10(12)5-9(8)7-11;/h3-5,12H,2,6-7H2,1H3;1H. The van der Waals surface area contributed by atoms with Crippen LogP contribution in [0.1, 0.15) is 18.1 Å². The highest BCUT2D eigenvalue weighted by molar-refractivity contribution is 8.93. The fraction of sp³-hybridized carbons (Fsp3) is 0.400. The van der Waals surface area contributed by atoms with E-state index in [1.807, 2.05) is 12.1 Å². The number of aromatic hydroxyl groups is 1. The van der Waals surface area contributed by atoms with Gasteiger partial charge in [-0.15, -0.1) is 17.0 Å². The van der Waals surface area contributed by atoms with Crippen molar-refractivity contribution >= 4 is 17.0 Å². The zero-order valence-electron chi connectivity index (χ0n) is 7.66. The van der Waals surface area contributed by atoms with Gasteiger partial charge in [0.2, 0.25) is 0 Å². The fourth-order valence-corrected chi connectivity index (χ4v) is 1.68. The molecule has 0 fully saturated rings. The van der Waals surface area contributed by atoms with Gasteiger partial charge in [-0.3, -0.25) is 4.90 Å². The number of fused-ring (bicyclic) bond motifs is 1. The van der Waals surface area contributed by atoms with E-state index in [4.69, 9.17) is 0 Å². The Morgan fingerprint density at radius 2 is 2.00 bits per heavy atom. The predicted molar refractivity (Wildman–Crippen MR) is 58.2 cm³/mol. The molecule has 0 amide bonds. The first-order valence-electron chi connectivity index (χ1n) is 4.32. The summed E-state index contributed by atoms with van der Waals surface area (Å²) in [6.45, 7) is 5.26. The van der Waals surface area contributed by atoms with Crippen LogP contribution in [0.4, 0.5) is 0 Å². The highest BCUT2D eigenvalue weighted by Crippen LogP contribution is 2.25. The van der Waals surface area contributed by atoms with E-state index >= 15 is 0 Å². The van der Waals surface area contributed by atoms with Crippen LogP contribution in [-0.4, -0.2) is 16.6 Å². The van der Waals surface area contributed by atoms with Crippen molar-refractivity contribution in [3.05, 3.63) is 29.3 Å². The molecule has 1 aliphatic heterocycles. The van der Waals surface area contributed by atoms with Gasteiger partial charge in [0, 0.05) is 13.1 Å². The minimum absolute atomic E-state index is 0. The lowest BCUT2D eigenvalue weighted by molar-refractivity contribution is 0.301. The number of hydrogen-bond donors (Lipinski definition) is 1. The van der Waals surface area contributed by atoms with Crippen LogP contribution in [0.25, 0.3) is 0 Å². The van der Waals surface area contributed by atoms with E-state index in [0.29, 0.717) is 5.75 Å². The van der Waals surface area contributed by atoms with Crippen molar-refractivity contribution in [3.8, 4) is 5.75 Å². The highest BCUT2D eigenvalue weighted by atomic mass is 79.9. The zero-order valence-corrected chi connectivity index (χ0v) is 9.37. The molecule has 0 spiro atoms. The molecule has 0 aliphatic carbocycles. The van der Waals surface area contributed by atoms with E-state index in [9.17, 15) is 5.11 Å². The Morgan fingerprint density at radius 1 is 1.31 bits per heavy atom. The van der Waals surface area contributed by atoms with Gasteiger partial charge in [-0.05, 0) is 29.8 Å². The molecule has 3 heteroatoms. The number of phenols is 1. The Hall–Kier alpha value is -0.540. The first kappa shape index (κ1) is 10.5. The summed E-state index contributed by atoms with van der Waals surface area (Å²) < 4.78 is 0. The third kappa shape index (κ3) is 2.03. The first-order chi connectivity index (χ1) is 5.79. The lowest BCUT2D eigenvalue weighted by atomic mass is 10.1. The van der Waals surface area contributed by atoms with Gasteiger partial charge in [0.1, 0.15) is 5.75 Å². The van der Waals surface area contributed by atoms with E-state index in [1.165, 1.54) is 11.1 Å². The second kappa shape index (κ2) is 4.11. The maximum absolute atomic E-state index is 9.24. The average Bonchev–Trinajstić information content (AvgIpc) is 2.46. The predicted octanol–water partition coefficient (Wildman–Crippen LogP) is 2.31. The van der Waals surface area contributed by atoms with Crippen molar-refractivity contribution in [3.63, 3.8) is 0 Å².